The first-order valence-electron chi connectivity index (χ1n) is 4.95. The summed E-state index contributed by atoms with van der Waals surface area (Å²) >= 11 is 1.79. The Morgan fingerprint density at radius 1 is 1.33 bits per heavy atom. The molecule has 0 saturated heterocycles. The van der Waals surface area contributed by atoms with Crippen LogP contribution in [0, 0.1) is 0 Å². The number of imidazole rings is 1. The number of hydrogen-bond donors (Lipinski definition) is 0. The van der Waals surface area contributed by atoms with Crippen LogP contribution in [0.3, 0.4) is 0 Å². The third-order valence-electron chi connectivity index (χ3n) is 2.56. The predicted octanol–water partition coefficient (Wildman–Crippen LogP) is 2.07. The third kappa shape index (κ3) is 1.36. The molecule has 0 aliphatic carbocycles. The lowest BCUT2D eigenvalue weighted by molar-refractivity contribution is 0.932. The first kappa shape index (κ1) is 8.97. The van der Waals surface area contributed by atoms with Crippen molar-refractivity contribution < 1.29 is 0 Å². The van der Waals surface area contributed by atoms with Crippen molar-refractivity contribution in [3.63, 3.8) is 0 Å². The molecule has 0 amide bonds. The zero-order chi connectivity index (χ0) is 10.3. The molecule has 1 aromatic heterocycles. The summed E-state index contributed by atoms with van der Waals surface area (Å²) in [6.45, 7) is 0.920. The average Bonchev–Trinajstić information content (AvgIpc) is 2.87. The fourth-order valence-electron chi connectivity index (χ4n) is 1.81. The van der Waals surface area contributed by atoms with Crippen molar-refractivity contribution in [1.82, 2.24) is 9.55 Å². The number of para-hydroxylation sites is 2. The summed E-state index contributed by atoms with van der Waals surface area (Å²) < 4.78 is 2.12. The van der Waals surface area contributed by atoms with Crippen molar-refractivity contribution in [2.45, 2.75) is 0 Å². The quantitative estimate of drug-likeness (QED) is 0.732. The van der Waals surface area contributed by atoms with Crippen LogP contribution in [-0.4, -0.2) is 26.9 Å². The molecule has 0 unspecified atom stereocenters. The number of aliphatic imine (C=N–C) groups is 1. The van der Waals surface area contributed by atoms with E-state index in [1.165, 1.54) is 5.52 Å². The summed E-state index contributed by atoms with van der Waals surface area (Å²) in [6, 6.07) is 8.19. The van der Waals surface area contributed by atoms with Crippen LogP contribution in [0.15, 0.2) is 29.3 Å². The highest BCUT2D eigenvalue weighted by molar-refractivity contribution is 8.14. The minimum atomic E-state index is 0.920. The maximum Gasteiger partial charge on any atom is 0.165 e. The molecule has 15 heavy (non-hydrogen) atoms. The van der Waals surface area contributed by atoms with E-state index < -0.39 is 0 Å². The van der Waals surface area contributed by atoms with E-state index in [9.17, 15) is 0 Å². The van der Waals surface area contributed by atoms with Crippen LogP contribution in [0.5, 0.6) is 0 Å². The lowest BCUT2D eigenvalue weighted by Crippen LogP contribution is -2.02. The van der Waals surface area contributed by atoms with E-state index in [0.717, 1.165) is 28.7 Å². The van der Waals surface area contributed by atoms with Gasteiger partial charge in [-0.3, -0.25) is 4.99 Å². The Morgan fingerprint density at radius 2 is 2.20 bits per heavy atom. The second kappa shape index (κ2) is 3.38. The van der Waals surface area contributed by atoms with Gasteiger partial charge in [0.05, 0.1) is 11.0 Å². The molecule has 3 nitrogen and oxygen atoms in total. The maximum absolute atomic E-state index is 4.61. The van der Waals surface area contributed by atoms with Crippen molar-refractivity contribution in [3.8, 4) is 0 Å². The number of aryl methyl sites for hydroxylation is 1. The Bertz CT molecular complexity index is 542. The summed E-state index contributed by atoms with van der Waals surface area (Å²) in [6.07, 6.45) is 0. The minimum Gasteiger partial charge on any atom is -0.325 e. The van der Waals surface area contributed by atoms with E-state index in [1.807, 2.05) is 25.2 Å². The van der Waals surface area contributed by atoms with Gasteiger partial charge in [0, 0.05) is 19.3 Å². The topological polar surface area (TPSA) is 30.2 Å². The molecular formula is C11H11N3S. The highest BCUT2D eigenvalue weighted by Crippen LogP contribution is 2.21. The number of nitrogens with zero attached hydrogens (tertiary/aromatic N) is 3. The van der Waals surface area contributed by atoms with Crippen molar-refractivity contribution in [2.75, 3.05) is 12.3 Å². The van der Waals surface area contributed by atoms with Gasteiger partial charge in [-0.25, -0.2) is 4.98 Å². The Kier molecular flexibility index (Phi) is 2.02. The molecule has 1 aromatic carbocycles. The predicted molar refractivity (Wildman–Crippen MR) is 64.6 cm³/mol. The molecule has 3 rings (SSSR count). The molecule has 1 aliphatic heterocycles. The van der Waals surface area contributed by atoms with E-state index in [-0.39, 0.29) is 0 Å². The van der Waals surface area contributed by atoms with E-state index in [1.54, 1.807) is 11.8 Å². The molecule has 0 radical (unpaired) electrons. The van der Waals surface area contributed by atoms with Gasteiger partial charge < -0.3 is 4.57 Å². The van der Waals surface area contributed by atoms with Crippen LogP contribution < -0.4 is 0 Å². The molecular weight excluding hydrogens is 206 g/mol. The Morgan fingerprint density at radius 3 is 2.93 bits per heavy atom. The Labute approximate surface area is 92.2 Å². The van der Waals surface area contributed by atoms with Crippen LogP contribution in [0.25, 0.3) is 11.0 Å². The average molecular weight is 217 g/mol. The van der Waals surface area contributed by atoms with Gasteiger partial charge in [-0.15, -0.1) is 11.8 Å². The van der Waals surface area contributed by atoms with Crippen molar-refractivity contribution in [1.29, 1.82) is 0 Å². The van der Waals surface area contributed by atoms with E-state index >= 15 is 0 Å². The molecule has 0 bridgehead atoms. The highest BCUT2D eigenvalue weighted by atomic mass is 32.2. The third-order valence-corrected chi connectivity index (χ3v) is 3.54. The molecule has 0 fully saturated rings. The summed E-state index contributed by atoms with van der Waals surface area (Å²) in [5.74, 6) is 2.08. The standard InChI is InChI=1S/C11H11N3S/c1-14-9-5-3-2-4-8(9)13-10(14)11-12-6-7-15-11/h2-5H,6-7H2,1H3. The molecule has 2 aromatic rings. The largest absolute Gasteiger partial charge is 0.325 e. The number of aromatic nitrogens is 2. The molecule has 0 spiro atoms. The molecule has 0 saturated carbocycles. The SMILES string of the molecule is Cn1c(C2=NCCS2)nc2ccccc21. The normalized spacial score (nSPS) is 15.9. The van der Waals surface area contributed by atoms with Crippen LogP contribution in [0.4, 0.5) is 0 Å². The zero-order valence-corrected chi connectivity index (χ0v) is 9.29. The van der Waals surface area contributed by atoms with Crippen molar-refractivity contribution >= 4 is 27.8 Å². The van der Waals surface area contributed by atoms with E-state index in [0.29, 0.717) is 0 Å². The van der Waals surface area contributed by atoms with E-state index in [2.05, 4.69) is 20.6 Å². The van der Waals surface area contributed by atoms with Crippen molar-refractivity contribution in [3.05, 3.63) is 30.1 Å². The van der Waals surface area contributed by atoms with Gasteiger partial charge in [-0.2, -0.15) is 0 Å². The molecule has 76 valence electrons. The lowest BCUT2D eigenvalue weighted by atomic mass is 10.3. The van der Waals surface area contributed by atoms with Gasteiger partial charge in [0.1, 0.15) is 5.04 Å². The summed E-state index contributed by atoms with van der Waals surface area (Å²) in [7, 11) is 2.05. The maximum atomic E-state index is 4.61. The van der Waals surface area contributed by atoms with Crippen LogP contribution >= 0.6 is 11.8 Å². The van der Waals surface area contributed by atoms with Crippen LogP contribution in [0.1, 0.15) is 5.82 Å². The smallest absolute Gasteiger partial charge is 0.165 e. The number of benzene rings is 1. The fraction of sp³-hybridized carbons (Fsp3) is 0.273. The number of rotatable bonds is 1. The first-order valence-corrected chi connectivity index (χ1v) is 5.94. The highest BCUT2D eigenvalue weighted by Gasteiger charge is 2.16. The lowest BCUT2D eigenvalue weighted by Gasteiger charge is -1.99. The zero-order valence-electron chi connectivity index (χ0n) is 8.47. The molecule has 0 atom stereocenters. The number of hydrogen-bond acceptors (Lipinski definition) is 3. The van der Waals surface area contributed by atoms with Gasteiger partial charge in [-0.1, -0.05) is 12.1 Å². The Hall–Kier alpha value is -1.29. The van der Waals surface area contributed by atoms with Crippen LogP contribution in [0.2, 0.25) is 0 Å². The van der Waals surface area contributed by atoms with Gasteiger partial charge >= 0.3 is 0 Å². The monoisotopic (exact) mass is 217 g/mol. The van der Waals surface area contributed by atoms with Gasteiger partial charge in [0.25, 0.3) is 0 Å². The number of thioether (sulfide) groups is 1. The van der Waals surface area contributed by atoms with Crippen molar-refractivity contribution in [2.24, 2.45) is 12.0 Å². The van der Waals surface area contributed by atoms with Crippen LogP contribution in [-0.2, 0) is 7.05 Å². The van der Waals surface area contributed by atoms with E-state index in [4.69, 9.17) is 0 Å². The number of fused-ring (bicyclic) bond motifs is 1. The minimum absolute atomic E-state index is 0.920. The summed E-state index contributed by atoms with van der Waals surface area (Å²) in [5, 5.41) is 1.08. The molecule has 0 N–H and O–H groups in total. The second-order valence-corrected chi connectivity index (χ2v) is 4.60. The molecule has 2 heterocycles. The Balaban J connectivity index is 2.23. The summed E-state index contributed by atoms with van der Waals surface area (Å²) in [4.78, 5) is 9.06. The summed E-state index contributed by atoms with van der Waals surface area (Å²) in [5.41, 5.74) is 2.22. The molecule has 4 heteroatoms. The van der Waals surface area contributed by atoms with Gasteiger partial charge in [-0.05, 0) is 12.1 Å². The second-order valence-electron chi connectivity index (χ2n) is 3.52. The molecule has 1 aliphatic rings. The van der Waals surface area contributed by atoms with Gasteiger partial charge in [0.15, 0.2) is 5.82 Å². The first-order chi connectivity index (χ1) is 7.36. The van der Waals surface area contributed by atoms with Gasteiger partial charge in [0.2, 0.25) is 0 Å². The fourth-order valence-corrected chi connectivity index (χ4v) is 2.68.